The zero-order valence-electron chi connectivity index (χ0n) is 12.1. The molecule has 0 aromatic heterocycles. The largest absolute Gasteiger partial charge is 0.493 e. The first-order chi connectivity index (χ1) is 10.1. The van der Waals surface area contributed by atoms with Gasteiger partial charge in [-0.3, -0.25) is 0 Å². The van der Waals surface area contributed by atoms with Gasteiger partial charge in [0.15, 0.2) is 11.5 Å². The summed E-state index contributed by atoms with van der Waals surface area (Å²) in [5.41, 5.74) is 0.0802. The molecule has 1 atom stereocenters. The van der Waals surface area contributed by atoms with Crippen molar-refractivity contribution in [1.82, 2.24) is 0 Å². The highest BCUT2D eigenvalue weighted by molar-refractivity contribution is 5.88. The number of rotatable bonds is 10. The summed E-state index contributed by atoms with van der Waals surface area (Å²) < 4.78 is 20.4. The molecule has 21 heavy (non-hydrogen) atoms. The Bertz CT molecular complexity index is 447. The van der Waals surface area contributed by atoms with Gasteiger partial charge in [-0.2, -0.15) is 0 Å². The Hall–Kier alpha value is -1.83. The molecule has 7 nitrogen and oxygen atoms in total. The molecule has 0 spiro atoms. The molecular formula is C14H20O7. The Morgan fingerprint density at radius 2 is 1.95 bits per heavy atom. The third-order valence-electron chi connectivity index (χ3n) is 2.58. The summed E-state index contributed by atoms with van der Waals surface area (Å²) in [6.45, 7) is 0.893. The summed E-state index contributed by atoms with van der Waals surface area (Å²) in [6.07, 6.45) is -0.833. The summed E-state index contributed by atoms with van der Waals surface area (Å²) >= 11 is 0. The second kappa shape index (κ2) is 9.17. The third kappa shape index (κ3) is 5.99. The molecule has 1 aromatic carbocycles. The second-order valence-electron chi connectivity index (χ2n) is 4.20. The van der Waals surface area contributed by atoms with Crippen LogP contribution in [0.2, 0.25) is 0 Å². The van der Waals surface area contributed by atoms with E-state index in [1.54, 1.807) is 7.11 Å². The van der Waals surface area contributed by atoms with E-state index >= 15 is 0 Å². The van der Waals surface area contributed by atoms with Crippen molar-refractivity contribution in [3.8, 4) is 11.5 Å². The number of methoxy groups -OCH3 is 2. The van der Waals surface area contributed by atoms with E-state index < -0.39 is 12.1 Å². The average molecular weight is 300 g/mol. The molecule has 0 fully saturated rings. The maximum absolute atomic E-state index is 10.9. The molecule has 118 valence electrons. The monoisotopic (exact) mass is 300 g/mol. The lowest BCUT2D eigenvalue weighted by Crippen LogP contribution is -2.24. The highest BCUT2D eigenvalue weighted by Gasteiger charge is 2.12. The van der Waals surface area contributed by atoms with Crippen molar-refractivity contribution >= 4 is 5.97 Å². The Kier molecular flexibility index (Phi) is 7.52. The molecule has 0 saturated heterocycles. The van der Waals surface area contributed by atoms with E-state index in [1.165, 1.54) is 25.3 Å². The van der Waals surface area contributed by atoms with Crippen LogP contribution in [0.15, 0.2) is 18.2 Å². The number of hydrogen-bond acceptors (Lipinski definition) is 6. The molecule has 0 aliphatic rings. The van der Waals surface area contributed by atoms with E-state index in [0.29, 0.717) is 19.0 Å². The number of ether oxygens (including phenoxy) is 4. The van der Waals surface area contributed by atoms with Crippen LogP contribution in [0.1, 0.15) is 10.4 Å². The normalized spacial score (nSPS) is 12.0. The standard InChI is InChI=1S/C14H20O7/c1-18-5-6-20-8-11(15)9-21-13-7-10(14(16)17)3-4-12(13)19-2/h3-4,7,11,15H,5-6,8-9H2,1-2H3,(H,16,17). The zero-order valence-corrected chi connectivity index (χ0v) is 12.1. The minimum absolute atomic E-state index is 0.0353. The molecule has 1 aromatic rings. The van der Waals surface area contributed by atoms with Crippen molar-refractivity contribution in [2.24, 2.45) is 0 Å². The molecule has 0 amide bonds. The van der Waals surface area contributed by atoms with Gasteiger partial charge in [-0.05, 0) is 18.2 Å². The summed E-state index contributed by atoms with van der Waals surface area (Å²) in [5.74, 6) is -0.410. The first-order valence-electron chi connectivity index (χ1n) is 6.37. The molecule has 0 aliphatic heterocycles. The van der Waals surface area contributed by atoms with Crippen LogP contribution in [0.3, 0.4) is 0 Å². The van der Waals surface area contributed by atoms with Crippen LogP contribution >= 0.6 is 0 Å². The predicted molar refractivity (Wildman–Crippen MR) is 74.2 cm³/mol. The number of carboxylic acids is 1. The van der Waals surface area contributed by atoms with Crippen LogP contribution in [0.5, 0.6) is 11.5 Å². The van der Waals surface area contributed by atoms with Gasteiger partial charge in [0.1, 0.15) is 12.7 Å². The first kappa shape index (κ1) is 17.2. The fourth-order valence-corrected chi connectivity index (χ4v) is 1.52. The van der Waals surface area contributed by atoms with Gasteiger partial charge in [-0.25, -0.2) is 4.79 Å². The third-order valence-corrected chi connectivity index (χ3v) is 2.58. The number of carbonyl (C=O) groups is 1. The van der Waals surface area contributed by atoms with Crippen molar-refractivity contribution in [2.75, 3.05) is 40.6 Å². The van der Waals surface area contributed by atoms with Crippen molar-refractivity contribution < 1.29 is 34.0 Å². The molecule has 0 saturated carbocycles. The van der Waals surface area contributed by atoms with Crippen molar-refractivity contribution in [3.63, 3.8) is 0 Å². The lowest BCUT2D eigenvalue weighted by molar-refractivity contribution is -0.00451. The van der Waals surface area contributed by atoms with E-state index in [0.717, 1.165) is 0 Å². The van der Waals surface area contributed by atoms with Crippen LogP contribution in [-0.4, -0.2) is 62.9 Å². The predicted octanol–water partition coefficient (Wildman–Crippen LogP) is 0.796. The Labute approximate surface area is 123 Å². The highest BCUT2D eigenvalue weighted by Crippen LogP contribution is 2.28. The summed E-state index contributed by atoms with van der Waals surface area (Å²) in [6, 6.07) is 4.26. The molecule has 0 radical (unpaired) electrons. The topological polar surface area (TPSA) is 94.5 Å². The number of benzene rings is 1. The molecule has 1 rings (SSSR count). The quantitative estimate of drug-likeness (QED) is 0.617. The lowest BCUT2D eigenvalue weighted by Gasteiger charge is -2.15. The molecular weight excluding hydrogens is 280 g/mol. The average Bonchev–Trinajstić information content (AvgIpc) is 2.49. The van der Waals surface area contributed by atoms with Crippen LogP contribution < -0.4 is 9.47 Å². The van der Waals surface area contributed by atoms with Gasteiger partial charge in [0.25, 0.3) is 0 Å². The first-order valence-corrected chi connectivity index (χ1v) is 6.37. The van der Waals surface area contributed by atoms with E-state index in [1.807, 2.05) is 0 Å². The SMILES string of the molecule is COCCOCC(O)COc1cc(C(=O)O)ccc1OC. The van der Waals surface area contributed by atoms with Crippen LogP contribution in [-0.2, 0) is 9.47 Å². The number of aliphatic hydroxyl groups excluding tert-OH is 1. The van der Waals surface area contributed by atoms with E-state index in [2.05, 4.69) is 0 Å². The molecule has 0 bridgehead atoms. The van der Waals surface area contributed by atoms with Gasteiger partial charge in [0.2, 0.25) is 0 Å². The molecule has 0 aliphatic carbocycles. The van der Waals surface area contributed by atoms with Gasteiger partial charge in [-0.1, -0.05) is 0 Å². The molecule has 2 N–H and O–H groups in total. The fourth-order valence-electron chi connectivity index (χ4n) is 1.52. The highest BCUT2D eigenvalue weighted by atomic mass is 16.5. The smallest absolute Gasteiger partial charge is 0.335 e. The number of carboxylic acid groups (broad SMARTS) is 1. The lowest BCUT2D eigenvalue weighted by atomic mass is 10.2. The zero-order chi connectivity index (χ0) is 15.7. The number of hydrogen-bond donors (Lipinski definition) is 2. The van der Waals surface area contributed by atoms with Gasteiger partial charge < -0.3 is 29.2 Å². The Morgan fingerprint density at radius 1 is 1.19 bits per heavy atom. The summed E-state index contributed by atoms with van der Waals surface area (Å²) in [7, 11) is 3.01. The Morgan fingerprint density at radius 3 is 2.57 bits per heavy atom. The van der Waals surface area contributed by atoms with Crippen molar-refractivity contribution in [1.29, 1.82) is 0 Å². The van der Waals surface area contributed by atoms with E-state index in [-0.39, 0.29) is 24.5 Å². The van der Waals surface area contributed by atoms with Crippen LogP contribution in [0.25, 0.3) is 0 Å². The molecule has 7 heteroatoms. The van der Waals surface area contributed by atoms with Gasteiger partial charge in [-0.15, -0.1) is 0 Å². The minimum Gasteiger partial charge on any atom is -0.493 e. The van der Waals surface area contributed by atoms with E-state index in [9.17, 15) is 9.90 Å². The number of aromatic carboxylic acids is 1. The molecule has 1 unspecified atom stereocenters. The number of aliphatic hydroxyl groups is 1. The minimum atomic E-state index is -1.06. The summed E-state index contributed by atoms with van der Waals surface area (Å²) in [5, 5.41) is 18.6. The van der Waals surface area contributed by atoms with Crippen LogP contribution in [0, 0.1) is 0 Å². The fraction of sp³-hybridized carbons (Fsp3) is 0.500. The van der Waals surface area contributed by atoms with Crippen LogP contribution in [0.4, 0.5) is 0 Å². The van der Waals surface area contributed by atoms with Crippen molar-refractivity contribution in [2.45, 2.75) is 6.10 Å². The maximum Gasteiger partial charge on any atom is 0.335 e. The van der Waals surface area contributed by atoms with Gasteiger partial charge in [0, 0.05) is 7.11 Å². The van der Waals surface area contributed by atoms with E-state index in [4.69, 9.17) is 24.1 Å². The van der Waals surface area contributed by atoms with Gasteiger partial charge in [0.05, 0.1) is 32.5 Å². The second-order valence-corrected chi connectivity index (χ2v) is 4.20. The van der Waals surface area contributed by atoms with Gasteiger partial charge >= 0.3 is 5.97 Å². The maximum atomic E-state index is 10.9. The Balaban J connectivity index is 2.53. The van der Waals surface area contributed by atoms with Crippen molar-refractivity contribution in [3.05, 3.63) is 23.8 Å². The summed E-state index contributed by atoms with van der Waals surface area (Å²) in [4.78, 5) is 10.9. The molecule has 0 heterocycles.